The zero-order valence-corrected chi connectivity index (χ0v) is 14.9. The molecular formula is C19H20ClNO4. The number of para-hydroxylation sites is 1. The van der Waals surface area contributed by atoms with E-state index in [2.05, 4.69) is 5.32 Å². The van der Waals surface area contributed by atoms with Crippen molar-refractivity contribution in [3.05, 3.63) is 52.5 Å². The van der Waals surface area contributed by atoms with E-state index in [0.29, 0.717) is 41.8 Å². The van der Waals surface area contributed by atoms with Crippen molar-refractivity contribution in [3.63, 3.8) is 0 Å². The number of hydrogen-bond donors (Lipinski definition) is 1. The normalized spacial score (nSPS) is 12.8. The quantitative estimate of drug-likeness (QED) is 0.879. The fourth-order valence-corrected chi connectivity index (χ4v) is 2.80. The molecule has 2 aromatic rings. The van der Waals surface area contributed by atoms with Crippen molar-refractivity contribution in [3.8, 4) is 17.2 Å². The summed E-state index contributed by atoms with van der Waals surface area (Å²) < 4.78 is 16.7. The zero-order chi connectivity index (χ0) is 17.8. The highest BCUT2D eigenvalue weighted by molar-refractivity contribution is 6.32. The molecule has 0 saturated carbocycles. The molecule has 6 heteroatoms. The molecule has 5 nitrogen and oxygen atoms in total. The van der Waals surface area contributed by atoms with Crippen LogP contribution in [0.2, 0.25) is 5.02 Å². The second-order valence-electron chi connectivity index (χ2n) is 5.94. The van der Waals surface area contributed by atoms with Crippen LogP contribution >= 0.6 is 11.6 Å². The number of halogens is 1. The highest BCUT2D eigenvalue weighted by Crippen LogP contribution is 2.38. The minimum Gasteiger partial charge on any atom is -0.491 e. The number of rotatable bonds is 5. The fourth-order valence-electron chi connectivity index (χ4n) is 2.54. The maximum absolute atomic E-state index is 12.5. The standard InChI is InChI=1S/C19H20ClNO4/c1-12(2)25-16-6-4-3-5-13(16)11-21-19(22)14-9-15(20)18-17(10-14)23-7-8-24-18/h3-6,9-10,12H,7-8,11H2,1-2H3,(H,21,22). The lowest BCUT2D eigenvalue weighted by Gasteiger charge is -2.20. The second kappa shape index (κ2) is 7.66. The third-order valence-corrected chi connectivity index (χ3v) is 3.91. The molecule has 2 aromatic carbocycles. The van der Waals surface area contributed by atoms with E-state index in [1.165, 1.54) is 0 Å². The number of fused-ring (bicyclic) bond motifs is 1. The van der Waals surface area contributed by atoms with E-state index in [1.54, 1.807) is 12.1 Å². The zero-order valence-electron chi connectivity index (χ0n) is 14.2. The van der Waals surface area contributed by atoms with Crippen LogP contribution in [-0.4, -0.2) is 25.2 Å². The molecule has 0 aliphatic carbocycles. The first-order valence-corrected chi connectivity index (χ1v) is 8.54. The number of benzene rings is 2. The highest BCUT2D eigenvalue weighted by atomic mass is 35.5. The molecule has 0 bridgehead atoms. The van der Waals surface area contributed by atoms with Gasteiger partial charge in [-0.15, -0.1) is 0 Å². The van der Waals surface area contributed by atoms with Crippen molar-refractivity contribution in [2.24, 2.45) is 0 Å². The summed E-state index contributed by atoms with van der Waals surface area (Å²) in [6, 6.07) is 10.9. The van der Waals surface area contributed by atoms with Crippen LogP contribution in [0.25, 0.3) is 0 Å². The largest absolute Gasteiger partial charge is 0.491 e. The molecule has 1 aliphatic rings. The Bertz CT molecular complexity index is 776. The maximum Gasteiger partial charge on any atom is 0.251 e. The molecule has 0 spiro atoms. The van der Waals surface area contributed by atoms with E-state index in [-0.39, 0.29) is 12.0 Å². The van der Waals surface area contributed by atoms with Crippen molar-refractivity contribution in [1.82, 2.24) is 5.32 Å². The van der Waals surface area contributed by atoms with Gasteiger partial charge in [0.15, 0.2) is 11.5 Å². The van der Waals surface area contributed by atoms with Crippen LogP contribution < -0.4 is 19.5 Å². The Morgan fingerprint density at radius 2 is 2.00 bits per heavy atom. The second-order valence-corrected chi connectivity index (χ2v) is 6.35. The van der Waals surface area contributed by atoms with Gasteiger partial charge in [0.25, 0.3) is 5.91 Å². The summed E-state index contributed by atoms with van der Waals surface area (Å²) in [6.45, 7) is 5.17. The molecule has 0 radical (unpaired) electrons. The molecule has 0 fully saturated rings. The van der Waals surface area contributed by atoms with Gasteiger partial charge >= 0.3 is 0 Å². The lowest BCUT2D eigenvalue weighted by molar-refractivity contribution is 0.0949. The van der Waals surface area contributed by atoms with Crippen LogP contribution in [0.15, 0.2) is 36.4 Å². The number of carbonyl (C=O) groups is 1. The van der Waals surface area contributed by atoms with Crippen LogP contribution in [0.5, 0.6) is 17.2 Å². The molecule has 1 N–H and O–H groups in total. The predicted octanol–water partition coefficient (Wildman–Crippen LogP) is 3.83. The minimum absolute atomic E-state index is 0.0634. The molecule has 25 heavy (non-hydrogen) atoms. The molecule has 132 valence electrons. The minimum atomic E-state index is -0.238. The number of ether oxygens (including phenoxy) is 3. The summed E-state index contributed by atoms with van der Waals surface area (Å²) in [6.07, 6.45) is 0.0634. The predicted molar refractivity (Wildman–Crippen MR) is 95.8 cm³/mol. The third kappa shape index (κ3) is 4.17. The molecule has 0 aromatic heterocycles. The van der Waals surface area contributed by atoms with E-state index in [0.717, 1.165) is 11.3 Å². The summed E-state index contributed by atoms with van der Waals surface area (Å²) in [5, 5.41) is 3.26. The first-order valence-electron chi connectivity index (χ1n) is 8.16. The summed E-state index contributed by atoms with van der Waals surface area (Å²) in [7, 11) is 0. The molecule has 0 atom stereocenters. The van der Waals surface area contributed by atoms with Gasteiger partial charge in [0.05, 0.1) is 11.1 Å². The Labute approximate surface area is 151 Å². The molecular weight excluding hydrogens is 342 g/mol. The van der Waals surface area contributed by atoms with Crippen LogP contribution in [0, 0.1) is 0 Å². The Kier molecular flexibility index (Phi) is 5.34. The van der Waals surface area contributed by atoms with Gasteiger partial charge in [-0.05, 0) is 32.0 Å². The average Bonchev–Trinajstić information content (AvgIpc) is 2.60. The van der Waals surface area contributed by atoms with Crippen molar-refractivity contribution in [1.29, 1.82) is 0 Å². The molecule has 3 rings (SSSR count). The first-order chi connectivity index (χ1) is 12.0. The highest BCUT2D eigenvalue weighted by Gasteiger charge is 2.19. The van der Waals surface area contributed by atoms with Gasteiger partial charge in [0.1, 0.15) is 19.0 Å². The van der Waals surface area contributed by atoms with Crippen LogP contribution in [0.3, 0.4) is 0 Å². The lowest BCUT2D eigenvalue weighted by Crippen LogP contribution is -2.24. The van der Waals surface area contributed by atoms with E-state index < -0.39 is 0 Å². The van der Waals surface area contributed by atoms with Gasteiger partial charge in [0.2, 0.25) is 0 Å². The van der Waals surface area contributed by atoms with Crippen molar-refractivity contribution in [2.45, 2.75) is 26.5 Å². The number of amides is 1. The van der Waals surface area contributed by atoms with Crippen LogP contribution in [0.4, 0.5) is 0 Å². The van der Waals surface area contributed by atoms with Gasteiger partial charge in [-0.1, -0.05) is 29.8 Å². The van der Waals surface area contributed by atoms with Crippen molar-refractivity contribution in [2.75, 3.05) is 13.2 Å². The van der Waals surface area contributed by atoms with E-state index >= 15 is 0 Å². The summed E-state index contributed by atoms with van der Waals surface area (Å²) in [4.78, 5) is 12.5. The Hall–Kier alpha value is -2.40. The van der Waals surface area contributed by atoms with E-state index in [9.17, 15) is 4.79 Å². The Morgan fingerprint density at radius 1 is 1.24 bits per heavy atom. The van der Waals surface area contributed by atoms with E-state index in [1.807, 2.05) is 38.1 Å². The topological polar surface area (TPSA) is 56.8 Å². The fraction of sp³-hybridized carbons (Fsp3) is 0.316. The molecule has 1 heterocycles. The number of carbonyl (C=O) groups excluding carboxylic acids is 1. The van der Waals surface area contributed by atoms with Gasteiger partial charge in [0, 0.05) is 17.7 Å². The van der Waals surface area contributed by atoms with Crippen LogP contribution in [0.1, 0.15) is 29.8 Å². The monoisotopic (exact) mass is 361 g/mol. The van der Waals surface area contributed by atoms with Crippen molar-refractivity contribution >= 4 is 17.5 Å². The SMILES string of the molecule is CC(C)Oc1ccccc1CNC(=O)c1cc(Cl)c2c(c1)OCCO2. The third-order valence-electron chi connectivity index (χ3n) is 3.63. The molecule has 0 saturated heterocycles. The Balaban J connectivity index is 1.72. The maximum atomic E-state index is 12.5. The Morgan fingerprint density at radius 3 is 2.80 bits per heavy atom. The number of hydrogen-bond acceptors (Lipinski definition) is 4. The summed E-state index contributed by atoms with van der Waals surface area (Å²) in [5.74, 6) is 1.50. The van der Waals surface area contributed by atoms with Gasteiger partial charge in [-0.25, -0.2) is 0 Å². The summed E-state index contributed by atoms with van der Waals surface area (Å²) >= 11 is 6.19. The van der Waals surface area contributed by atoms with Gasteiger partial charge in [-0.3, -0.25) is 4.79 Å². The smallest absolute Gasteiger partial charge is 0.251 e. The van der Waals surface area contributed by atoms with Gasteiger partial charge < -0.3 is 19.5 Å². The number of nitrogens with one attached hydrogen (secondary N) is 1. The first kappa shape index (κ1) is 17.4. The molecule has 0 unspecified atom stereocenters. The van der Waals surface area contributed by atoms with Gasteiger partial charge in [-0.2, -0.15) is 0 Å². The average molecular weight is 362 g/mol. The molecule has 1 amide bonds. The molecule has 1 aliphatic heterocycles. The van der Waals surface area contributed by atoms with E-state index in [4.69, 9.17) is 25.8 Å². The lowest BCUT2D eigenvalue weighted by atomic mass is 10.1. The van der Waals surface area contributed by atoms with Crippen LogP contribution in [-0.2, 0) is 6.54 Å². The summed E-state index contributed by atoms with van der Waals surface area (Å²) in [5.41, 5.74) is 1.34. The van der Waals surface area contributed by atoms with Crippen molar-refractivity contribution < 1.29 is 19.0 Å².